The molecule has 0 spiro atoms. The Morgan fingerprint density at radius 1 is 0.593 bits per heavy atom. The van der Waals surface area contributed by atoms with Crippen molar-refractivity contribution >= 4 is 17.1 Å². The number of pyridine rings is 1. The van der Waals surface area contributed by atoms with Gasteiger partial charge in [0.15, 0.2) is 0 Å². The summed E-state index contributed by atoms with van der Waals surface area (Å²) in [6.07, 6.45) is 5.97. The Hall–Kier alpha value is -3.39. The summed E-state index contributed by atoms with van der Waals surface area (Å²) in [7, 11) is 0. The minimum Gasteiger partial charge on any atom is -0.309 e. The first kappa shape index (κ1) is 14.7. The fourth-order valence-electron chi connectivity index (χ4n) is 4.51. The molecule has 0 unspecified atom stereocenters. The molecule has 0 atom stereocenters. The van der Waals surface area contributed by atoms with E-state index in [1.165, 1.54) is 50.4 Å². The smallest absolute Gasteiger partial charge is 0.0563 e. The molecular formula is C25H18N2. The molecule has 0 radical (unpaired) electrons. The molecule has 2 nitrogen and oxygen atoms in total. The van der Waals surface area contributed by atoms with Crippen LogP contribution in [0.25, 0.3) is 11.1 Å². The Bertz CT molecular complexity index is 1180. The van der Waals surface area contributed by atoms with Gasteiger partial charge >= 0.3 is 0 Å². The fourth-order valence-corrected chi connectivity index (χ4v) is 4.51. The lowest BCUT2D eigenvalue weighted by Crippen LogP contribution is -2.24. The lowest BCUT2D eigenvalue weighted by atomic mass is 9.87. The largest absolute Gasteiger partial charge is 0.309 e. The molecule has 1 aromatic heterocycles. The molecule has 0 N–H and O–H groups in total. The van der Waals surface area contributed by atoms with Gasteiger partial charge in [-0.25, -0.2) is 0 Å². The van der Waals surface area contributed by atoms with Gasteiger partial charge in [0.2, 0.25) is 0 Å². The highest BCUT2D eigenvalue weighted by molar-refractivity contribution is 5.89. The van der Waals surface area contributed by atoms with Gasteiger partial charge in [0.05, 0.1) is 5.69 Å². The quantitative estimate of drug-likeness (QED) is 0.361. The van der Waals surface area contributed by atoms with Crippen molar-refractivity contribution < 1.29 is 0 Å². The number of para-hydroxylation sites is 1. The molecule has 0 saturated heterocycles. The van der Waals surface area contributed by atoms with Crippen molar-refractivity contribution in [3.8, 4) is 11.1 Å². The number of hydrogen-bond donors (Lipinski definition) is 0. The zero-order chi connectivity index (χ0) is 17.8. The highest BCUT2D eigenvalue weighted by Gasteiger charge is 2.31. The summed E-state index contributed by atoms with van der Waals surface area (Å²) in [6, 6.07) is 26.2. The molecule has 4 aromatic rings. The second-order valence-corrected chi connectivity index (χ2v) is 7.33. The lowest BCUT2D eigenvalue weighted by Gasteiger charge is -2.39. The summed E-state index contributed by atoms with van der Waals surface area (Å²) >= 11 is 0. The zero-order valence-corrected chi connectivity index (χ0v) is 14.9. The number of anilines is 3. The number of aromatic nitrogens is 1. The molecule has 2 aliphatic heterocycles. The third kappa shape index (κ3) is 2.16. The van der Waals surface area contributed by atoms with Crippen LogP contribution in [0.4, 0.5) is 17.1 Å². The first-order chi connectivity index (χ1) is 13.4. The Morgan fingerprint density at radius 2 is 1.30 bits per heavy atom. The molecule has 2 aliphatic rings. The molecule has 0 amide bonds. The van der Waals surface area contributed by atoms with E-state index in [1.54, 1.807) is 0 Å². The highest BCUT2D eigenvalue weighted by Crippen LogP contribution is 2.50. The summed E-state index contributed by atoms with van der Waals surface area (Å²) in [5, 5.41) is 0. The Morgan fingerprint density at radius 3 is 2.15 bits per heavy atom. The van der Waals surface area contributed by atoms with Crippen LogP contribution in [0.1, 0.15) is 22.3 Å². The van der Waals surface area contributed by atoms with Crippen molar-refractivity contribution in [3.63, 3.8) is 0 Å². The zero-order valence-electron chi connectivity index (χ0n) is 14.9. The number of fused-ring (bicyclic) bond motifs is 4. The van der Waals surface area contributed by atoms with Crippen LogP contribution < -0.4 is 4.90 Å². The first-order valence-corrected chi connectivity index (χ1v) is 9.40. The second kappa shape index (κ2) is 5.55. The minimum atomic E-state index is 0.935. The summed E-state index contributed by atoms with van der Waals surface area (Å²) < 4.78 is 0. The maximum Gasteiger partial charge on any atom is 0.0563 e. The molecule has 6 rings (SSSR count). The van der Waals surface area contributed by atoms with Gasteiger partial charge in [-0.2, -0.15) is 0 Å². The normalized spacial score (nSPS) is 13.6. The molecule has 0 saturated carbocycles. The summed E-state index contributed by atoms with van der Waals surface area (Å²) in [5.74, 6) is 0. The number of hydrogen-bond acceptors (Lipinski definition) is 2. The van der Waals surface area contributed by atoms with Crippen LogP contribution >= 0.6 is 0 Å². The van der Waals surface area contributed by atoms with Gasteiger partial charge in [0, 0.05) is 36.6 Å². The molecular weight excluding hydrogens is 328 g/mol. The second-order valence-electron chi connectivity index (χ2n) is 7.33. The summed E-state index contributed by atoms with van der Waals surface area (Å²) in [6.45, 7) is 0. The molecule has 2 heteroatoms. The SMILES string of the molecule is c1ccc(-c2ccc3c(c2)Cc2cncc4c2N3c2ccccc2C4)cc1. The van der Waals surface area contributed by atoms with Crippen molar-refractivity contribution in [2.45, 2.75) is 12.8 Å². The third-order valence-electron chi connectivity index (χ3n) is 5.71. The standard InChI is InChI=1S/C25H18N2/c1-2-6-17(7-3-1)18-10-11-24-20(12-18)14-22-16-26-15-21-13-19-8-4-5-9-23(19)27(24)25(21)22/h1-12,15-16H,13-14H2. The van der Waals surface area contributed by atoms with Crippen LogP contribution in [0.5, 0.6) is 0 Å². The van der Waals surface area contributed by atoms with Crippen molar-refractivity contribution in [2.24, 2.45) is 0 Å². The average molecular weight is 346 g/mol. The first-order valence-electron chi connectivity index (χ1n) is 9.40. The van der Waals surface area contributed by atoms with Crippen LogP contribution in [0, 0.1) is 0 Å². The van der Waals surface area contributed by atoms with Crippen LogP contribution in [-0.4, -0.2) is 4.98 Å². The topological polar surface area (TPSA) is 16.1 Å². The monoisotopic (exact) mass is 346 g/mol. The Balaban J connectivity index is 1.58. The van der Waals surface area contributed by atoms with Crippen LogP contribution in [0.2, 0.25) is 0 Å². The van der Waals surface area contributed by atoms with Gasteiger partial charge in [-0.15, -0.1) is 0 Å². The van der Waals surface area contributed by atoms with Crippen molar-refractivity contribution in [3.05, 3.63) is 107 Å². The maximum absolute atomic E-state index is 4.54. The number of benzene rings is 3. The van der Waals surface area contributed by atoms with E-state index in [-0.39, 0.29) is 0 Å². The Kier molecular flexibility index (Phi) is 3.03. The van der Waals surface area contributed by atoms with Crippen molar-refractivity contribution in [2.75, 3.05) is 4.90 Å². The molecule has 0 bridgehead atoms. The summed E-state index contributed by atoms with van der Waals surface area (Å²) in [5.41, 5.74) is 11.8. The molecule has 27 heavy (non-hydrogen) atoms. The summed E-state index contributed by atoms with van der Waals surface area (Å²) in [4.78, 5) is 6.98. The third-order valence-corrected chi connectivity index (χ3v) is 5.71. The molecule has 128 valence electrons. The van der Waals surface area contributed by atoms with E-state index in [0.717, 1.165) is 12.8 Å². The molecule has 0 fully saturated rings. The predicted molar refractivity (Wildman–Crippen MR) is 110 cm³/mol. The molecule has 3 heterocycles. The van der Waals surface area contributed by atoms with E-state index in [1.807, 2.05) is 12.4 Å². The highest BCUT2D eigenvalue weighted by atomic mass is 15.2. The van der Waals surface area contributed by atoms with Crippen molar-refractivity contribution in [1.29, 1.82) is 0 Å². The average Bonchev–Trinajstić information content (AvgIpc) is 2.74. The number of nitrogens with zero attached hydrogens (tertiary/aromatic N) is 2. The van der Waals surface area contributed by atoms with E-state index in [9.17, 15) is 0 Å². The molecule has 3 aromatic carbocycles. The maximum atomic E-state index is 4.54. The van der Waals surface area contributed by atoms with Gasteiger partial charge < -0.3 is 4.90 Å². The Labute approximate surface area is 158 Å². The van der Waals surface area contributed by atoms with E-state index in [2.05, 4.69) is 82.7 Å². The van der Waals surface area contributed by atoms with Crippen LogP contribution in [0.15, 0.2) is 85.2 Å². The van der Waals surface area contributed by atoms with E-state index in [4.69, 9.17) is 0 Å². The van der Waals surface area contributed by atoms with Gasteiger partial charge in [-0.1, -0.05) is 54.6 Å². The predicted octanol–water partition coefficient (Wildman–Crippen LogP) is 6.03. The molecule has 0 aliphatic carbocycles. The minimum absolute atomic E-state index is 0.935. The van der Waals surface area contributed by atoms with Gasteiger partial charge in [-0.3, -0.25) is 4.98 Å². The van der Waals surface area contributed by atoms with Gasteiger partial charge in [0.25, 0.3) is 0 Å². The van der Waals surface area contributed by atoms with Crippen LogP contribution in [-0.2, 0) is 12.8 Å². The fraction of sp³-hybridized carbons (Fsp3) is 0.0800. The number of rotatable bonds is 1. The van der Waals surface area contributed by atoms with E-state index >= 15 is 0 Å². The van der Waals surface area contributed by atoms with Gasteiger partial charge in [0.1, 0.15) is 0 Å². The van der Waals surface area contributed by atoms with E-state index < -0.39 is 0 Å². The van der Waals surface area contributed by atoms with E-state index in [0.29, 0.717) is 0 Å². The van der Waals surface area contributed by atoms with Gasteiger partial charge in [-0.05, 0) is 51.6 Å². The lowest BCUT2D eigenvalue weighted by molar-refractivity contribution is 0.986. The van der Waals surface area contributed by atoms with Crippen molar-refractivity contribution in [1.82, 2.24) is 4.98 Å². The van der Waals surface area contributed by atoms with Crippen LogP contribution in [0.3, 0.4) is 0 Å².